The van der Waals surface area contributed by atoms with Gasteiger partial charge in [0.1, 0.15) is 35.7 Å². The van der Waals surface area contributed by atoms with Gasteiger partial charge in [-0.05, 0) is 31.2 Å². The number of morpholine rings is 1. The van der Waals surface area contributed by atoms with Gasteiger partial charge < -0.3 is 19.7 Å². The molecule has 2 aromatic heterocycles. The van der Waals surface area contributed by atoms with E-state index < -0.39 is 19.7 Å². The molecular formula is C26H32F2N6O2Si. The normalized spacial score (nSPS) is 15.5. The highest BCUT2D eigenvalue weighted by Crippen LogP contribution is 2.42. The minimum Gasteiger partial charge on any atom is -0.378 e. The van der Waals surface area contributed by atoms with Gasteiger partial charge >= 0.3 is 0 Å². The molecule has 8 nitrogen and oxygen atoms in total. The molecule has 0 radical (unpaired) electrons. The molecule has 0 aliphatic carbocycles. The number of aliphatic imine (C=N–C) groups is 1. The number of hydrogen-bond donors (Lipinski definition) is 1. The molecule has 196 valence electrons. The Bertz CT molecular complexity index is 1310. The summed E-state index contributed by atoms with van der Waals surface area (Å²) < 4.78 is 42.9. The lowest BCUT2D eigenvalue weighted by Gasteiger charge is -2.28. The van der Waals surface area contributed by atoms with E-state index in [0.29, 0.717) is 36.9 Å². The van der Waals surface area contributed by atoms with E-state index in [-0.39, 0.29) is 18.1 Å². The summed E-state index contributed by atoms with van der Waals surface area (Å²) in [7, 11) is -1.25. The van der Waals surface area contributed by atoms with Crippen molar-refractivity contribution in [2.45, 2.75) is 39.3 Å². The highest BCUT2D eigenvalue weighted by Gasteiger charge is 2.28. The van der Waals surface area contributed by atoms with Gasteiger partial charge in [-0.3, -0.25) is 0 Å². The van der Waals surface area contributed by atoms with Gasteiger partial charge in [-0.15, -0.1) is 0 Å². The molecule has 1 saturated heterocycles. The van der Waals surface area contributed by atoms with Crippen LogP contribution in [0.4, 0.5) is 26.0 Å². The van der Waals surface area contributed by atoms with E-state index in [9.17, 15) is 8.78 Å². The van der Waals surface area contributed by atoms with Crippen LogP contribution < -0.4 is 10.2 Å². The van der Waals surface area contributed by atoms with Crippen LogP contribution in [-0.4, -0.2) is 61.6 Å². The number of rotatable bonds is 7. The molecule has 37 heavy (non-hydrogen) atoms. The van der Waals surface area contributed by atoms with E-state index in [2.05, 4.69) is 34.8 Å². The molecule has 5 rings (SSSR count). The molecule has 2 aliphatic heterocycles. The Morgan fingerprint density at radius 2 is 1.86 bits per heavy atom. The van der Waals surface area contributed by atoms with E-state index in [0.717, 1.165) is 36.2 Å². The largest absolute Gasteiger partial charge is 0.378 e. The Morgan fingerprint density at radius 1 is 1.14 bits per heavy atom. The summed E-state index contributed by atoms with van der Waals surface area (Å²) in [5.74, 6) is -0.540. The second-order valence-corrected chi connectivity index (χ2v) is 16.1. The van der Waals surface area contributed by atoms with E-state index >= 15 is 0 Å². The van der Waals surface area contributed by atoms with Crippen LogP contribution in [-0.2, 0) is 16.2 Å². The van der Waals surface area contributed by atoms with Crippen LogP contribution in [0, 0.1) is 18.6 Å². The first kappa shape index (κ1) is 25.5. The van der Waals surface area contributed by atoms with E-state index in [1.807, 2.05) is 13.0 Å². The molecule has 1 aromatic carbocycles. The molecule has 4 heterocycles. The first-order chi connectivity index (χ1) is 17.7. The second-order valence-electron chi connectivity index (χ2n) is 10.5. The lowest BCUT2D eigenvalue weighted by Crippen LogP contribution is -2.36. The summed E-state index contributed by atoms with van der Waals surface area (Å²) in [6, 6.07) is 6.79. The van der Waals surface area contributed by atoms with E-state index in [1.54, 1.807) is 10.9 Å². The van der Waals surface area contributed by atoms with Crippen LogP contribution in [0.2, 0.25) is 25.7 Å². The number of anilines is 2. The van der Waals surface area contributed by atoms with Crippen molar-refractivity contribution < 1.29 is 18.3 Å². The summed E-state index contributed by atoms with van der Waals surface area (Å²) in [6.07, 6.45) is 1.68. The van der Waals surface area contributed by atoms with Crippen LogP contribution >= 0.6 is 0 Å². The Kier molecular flexibility index (Phi) is 7.10. The number of halogens is 2. The van der Waals surface area contributed by atoms with Crippen molar-refractivity contribution in [3.63, 3.8) is 0 Å². The van der Waals surface area contributed by atoms with Gasteiger partial charge in [0.05, 0.1) is 42.0 Å². The minimum atomic E-state index is -1.25. The third kappa shape index (κ3) is 5.43. The second kappa shape index (κ2) is 10.3. The van der Waals surface area contributed by atoms with Crippen molar-refractivity contribution in [1.82, 2.24) is 14.8 Å². The van der Waals surface area contributed by atoms with Gasteiger partial charge in [-0.2, -0.15) is 5.10 Å². The lowest BCUT2D eigenvalue weighted by atomic mass is 10.1. The van der Waals surface area contributed by atoms with Crippen LogP contribution in [0.5, 0.6) is 0 Å². The predicted octanol–water partition coefficient (Wildman–Crippen LogP) is 5.18. The summed E-state index contributed by atoms with van der Waals surface area (Å²) in [5.41, 5.74) is 3.04. The average molecular weight is 527 g/mol. The van der Waals surface area contributed by atoms with E-state index in [4.69, 9.17) is 19.6 Å². The summed E-state index contributed by atoms with van der Waals surface area (Å²) >= 11 is 0. The van der Waals surface area contributed by atoms with Crippen molar-refractivity contribution in [1.29, 1.82) is 0 Å². The zero-order valence-electron chi connectivity index (χ0n) is 21.6. The van der Waals surface area contributed by atoms with Gasteiger partial charge in [0.2, 0.25) is 0 Å². The number of benzene rings is 1. The molecule has 0 atom stereocenters. The van der Waals surface area contributed by atoms with Gasteiger partial charge in [0.25, 0.3) is 0 Å². The third-order valence-corrected chi connectivity index (χ3v) is 8.17. The van der Waals surface area contributed by atoms with Crippen LogP contribution in [0.25, 0.3) is 11.3 Å². The third-order valence-electron chi connectivity index (χ3n) is 6.46. The first-order valence-electron chi connectivity index (χ1n) is 12.5. The number of nitrogens with zero attached hydrogens (tertiary/aromatic N) is 5. The van der Waals surface area contributed by atoms with Crippen LogP contribution in [0.15, 0.2) is 35.5 Å². The molecule has 0 amide bonds. The maximum Gasteiger partial charge on any atom is 0.144 e. The lowest BCUT2D eigenvalue weighted by molar-refractivity contribution is 0.0796. The Labute approximate surface area is 216 Å². The summed E-state index contributed by atoms with van der Waals surface area (Å²) in [4.78, 5) is 11.5. The van der Waals surface area contributed by atoms with Crippen molar-refractivity contribution >= 4 is 31.1 Å². The van der Waals surface area contributed by atoms with Crippen molar-refractivity contribution in [2.24, 2.45) is 4.99 Å². The average Bonchev–Trinajstić information content (AvgIpc) is 3.05. The fraction of sp³-hybridized carbons (Fsp3) is 0.423. The monoisotopic (exact) mass is 526 g/mol. The van der Waals surface area contributed by atoms with Crippen molar-refractivity contribution in [2.75, 3.05) is 43.1 Å². The number of amidine groups is 1. The minimum absolute atomic E-state index is 0.0684. The van der Waals surface area contributed by atoms with Gasteiger partial charge in [-0.1, -0.05) is 25.7 Å². The highest BCUT2D eigenvalue weighted by atomic mass is 28.3. The molecule has 3 aromatic rings. The number of hydrogen-bond acceptors (Lipinski definition) is 7. The maximum absolute atomic E-state index is 14.8. The maximum atomic E-state index is 14.8. The van der Waals surface area contributed by atoms with Gasteiger partial charge in [0, 0.05) is 33.3 Å². The summed E-state index contributed by atoms with van der Waals surface area (Å²) in [5, 5.41) is 7.86. The first-order valence-corrected chi connectivity index (χ1v) is 16.2. The number of nitrogens with one attached hydrogen (secondary N) is 1. The Hall–Kier alpha value is -3.15. The highest BCUT2D eigenvalue weighted by molar-refractivity contribution is 6.76. The Morgan fingerprint density at radius 3 is 2.57 bits per heavy atom. The predicted molar refractivity (Wildman–Crippen MR) is 144 cm³/mol. The zero-order valence-corrected chi connectivity index (χ0v) is 22.6. The molecule has 0 unspecified atom stereocenters. The molecule has 0 spiro atoms. The van der Waals surface area contributed by atoms with E-state index in [1.165, 1.54) is 18.2 Å². The molecule has 2 aliphatic rings. The number of aromatic nitrogens is 3. The number of fused-ring (bicyclic) bond motifs is 3. The van der Waals surface area contributed by atoms with Gasteiger partial charge in [-0.25, -0.2) is 23.4 Å². The molecule has 0 saturated carbocycles. The Balaban J connectivity index is 1.60. The van der Waals surface area contributed by atoms with Crippen LogP contribution in [0.1, 0.15) is 11.3 Å². The molecule has 11 heteroatoms. The van der Waals surface area contributed by atoms with Gasteiger partial charge in [0.15, 0.2) is 0 Å². The summed E-state index contributed by atoms with van der Waals surface area (Å²) in [6.45, 7) is 12.4. The van der Waals surface area contributed by atoms with Crippen molar-refractivity contribution in [3.8, 4) is 11.3 Å². The number of pyridine rings is 1. The zero-order chi connectivity index (χ0) is 26.2. The number of ether oxygens (including phenoxy) is 2. The topological polar surface area (TPSA) is 76.8 Å². The number of aryl methyl sites for hydroxylation is 1. The quantitative estimate of drug-likeness (QED) is 0.338. The molecular weight excluding hydrogens is 494 g/mol. The fourth-order valence-corrected chi connectivity index (χ4v) is 5.17. The van der Waals surface area contributed by atoms with Crippen LogP contribution in [0.3, 0.4) is 0 Å². The molecule has 1 fully saturated rings. The SMILES string of the molecule is Cc1nn(COCC[Si](C)(C)C)c2c1N=C(c1c(F)cccc1F)Nc1cnc(N3CCOCC3)cc1-2. The molecule has 0 bridgehead atoms. The fourth-order valence-electron chi connectivity index (χ4n) is 4.41. The molecule has 1 N–H and O–H groups in total. The smallest absolute Gasteiger partial charge is 0.144 e. The standard InChI is InChI=1S/C26H32F2N6O2Si/c1-17-24-25(34(32-17)16-36-12-13-37(2,3)4)18-14-22(33-8-10-35-11-9-33)29-15-21(18)30-26(31-24)23-19(27)6-5-7-20(23)28/h5-7,14-15H,8-13,16H2,1-4H3,(H,30,31). The van der Waals surface area contributed by atoms with Crippen molar-refractivity contribution in [3.05, 3.63) is 53.4 Å².